The fraction of sp³-hybridized carbons (Fsp3) is 0.489. The highest BCUT2D eigenvalue weighted by Gasteiger charge is 2.62. The lowest BCUT2D eigenvalue weighted by molar-refractivity contribution is -0.176. The number of ether oxygens (including phenoxy) is 4. The van der Waals surface area contributed by atoms with Crippen molar-refractivity contribution in [1.29, 1.82) is 0 Å². The molecular weight excluding hydrogens is 835 g/mol. The van der Waals surface area contributed by atoms with Crippen molar-refractivity contribution in [2.75, 3.05) is 13.7 Å². The van der Waals surface area contributed by atoms with Crippen LogP contribution in [0, 0.1) is 11.8 Å². The standard InChI is InChI=1S/C45H53N5O12S/c1-7-28-23-45(28,43(56)49-63(57,58)31-15-16-31)48-40(53)35-21-30(61-36-22-33(26-11-9-8-10-12-26)46-34-20-29(59-6)14-17-32(34)36)24-50(35)41(54)27(19-38(52)62-44(3,4)5)13-18-37(51)47-39-25(2)60-42(39)55/h7-12,14,17,20,22,25,27-28,30-31,35,39H,1,13,15-16,18-19,21,23-24H2,2-6H3,(H,47,51)(H,48,53)(H,49,56)/t25-,27-,28-,30-,35+,39+,45-/m1/s1. The Hall–Kier alpha value is -6.04. The van der Waals surface area contributed by atoms with Gasteiger partial charge in [-0.1, -0.05) is 36.4 Å². The Morgan fingerprint density at radius 2 is 1.81 bits per heavy atom. The number of nitrogens with one attached hydrogen (secondary N) is 3. The summed E-state index contributed by atoms with van der Waals surface area (Å²) in [5, 5.41) is 5.32. The van der Waals surface area contributed by atoms with Gasteiger partial charge in [0.15, 0.2) is 6.04 Å². The highest BCUT2D eigenvalue weighted by Crippen LogP contribution is 2.46. The van der Waals surface area contributed by atoms with Crippen LogP contribution < -0.4 is 24.8 Å². The number of fused-ring (bicyclic) bond motifs is 1. The third-order valence-electron chi connectivity index (χ3n) is 11.7. The largest absolute Gasteiger partial charge is 0.497 e. The van der Waals surface area contributed by atoms with Crippen molar-refractivity contribution in [3.63, 3.8) is 0 Å². The van der Waals surface area contributed by atoms with Crippen molar-refractivity contribution in [2.24, 2.45) is 11.8 Å². The highest BCUT2D eigenvalue weighted by atomic mass is 32.2. The molecule has 2 saturated carbocycles. The second-order valence-corrected chi connectivity index (χ2v) is 19.6. The highest BCUT2D eigenvalue weighted by molar-refractivity contribution is 7.91. The Morgan fingerprint density at radius 1 is 1.08 bits per heavy atom. The summed E-state index contributed by atoms with van der Waals surface area (Å²) in [6, 6.07) is 14.4. The van der Waals surface area contributed by atoms with Gasteiger partial charge in [-0.05, 0) is 65.5 Å². The molecule has 1 aromatic heterocycles. The first-order valence-corrected chi connectivity index (χ1v) is 22.6. The third-order valence-corrected chi connectivity index (χ3v) is 13.5. The number of rotatable bonds is 17. The van der Waals surface area contributed by atoms with Crippen molar-refractivity contribution in [2.45, 2.75) is 113 Å². The molecule has 2 aliphatic carbocycles. The number of hydrogen-bond acceptors (Lipinski definition) is 13. The van der Waals surface area contributed by atoms with E-state index < -0.39 is 105 Å². The zero-order valence-corrected chi connectivity index (χ0v) is 36.7. The normalized spacial score (nSPS) is 24.6. The molecule has 0 spiro atoms. The topological polar surface area (TPSA) is 226 Å². The molecule has 7 rings (SSSR count). The number of pyridine rings is 1. The molecule has 18 heteroatoms. The number of carbonyl (C=O) groups is 6. The number of sulfonamides is 1. The zero-order valence-electron chi connectivity index (χ0n) is 35.9. The Morgan fingerprint density at radius 3 is 2.43 bits per heavy atom. The maximum atomic E-state index is 14.9. The lowest BCUT2D eigenvalue weighted by Crippen LogP contribution is -2.58. The van der Waals surface area contributed by atoms with E-state index in [0.29, 0.717) is 40.9 Å². The molecule has 2 saturated heterocycles. The van der Waals surface area contributed by atoms with Crippen LogP contribution in [0.15, 0.2) is 67.3 Å². The average Bonchev–Trinajstić information content (AvgIpc) is 4.17. The summed E-state index contributed by atoms with van der Waals surface area (Å²) in [6.45, 7) is 10.3. The number of aromatic nitrogens is 1. The molecule has 3 aromatic rings. The van der Waals surface area contributed by atoms with Crippen molar-refractivity contribution < 1.29 is 56.1 Å². The zero-order chi connectivity index (χ0) is 45.4. The molecule has 336 valence electrons. The molecule has 0 radical (unpaired) electrons. The lowest BCUT2D eigenvalue weighted by Gasteiger charge is -2.33. The Labute approximate surface area is 365 Å². The van der Waals surface area contributed by atoms with Crippen molar-refractivity contribution in [3.05, 3.63) is 67.3 Å². The molecule has 0 bridgehead atoms. The number of benzene rings is 2. The van der Waals surface area contributed by atoms with E-state index in [1.165, 1.54) is 11.0 Å². The van der Waals surface area contributed by atoms with Crippen molar-refractivity contribution >= 4 is 56.5 Å². The van der Waals surface area contributed by atoms with E-state index in [9.17, 15) is 37.2 Å². The number of methoxy groups -OCH3 is 1. The summed E-state index contributed by atoms with van der Waals surface area (Å²) < 4.78 is 50.5. The van der Waals surface area contributed by atoms with Gasteiger partial charge in [0, 0.05) is 47.8 Å². The number of amides is 4. The van der Waals surface area contributed by atoms with E-state index in [1.807, 2.05) is 30.3 Å². The van der Waals surface area contributed by atoms with E-state index >= 15 is 0 Å². The third kappa shape index (κ3) is 10.1. The number of carbonyl (C=O) groups excluding carboxylic acids is 6. The predicted octanol–water partition coefficient (Wildman–Crippen LogP) is 3.49. The molecule has 3 heterocycles. The van der Waals surface area contributed by atoms with Crippen molar-refractivity contribution in [1.82, 2.24) is 25.2 Å². The number of cyclic esters (lactones) is 1. The van der Waals surface area contributed by atoms with Crippen molar-refractivity contribution in [3.8, 4) is 22.8 Å². The smallest absolute Gasteiger partial charge is 0.332 e. The molecule has 3 N–H and O–H groups in total. The van der Waals surface area contributed by atoms with E-state index in [0.717, 1.165) is 5.56 Å². The maximum absolute atomic E-state index is 14.9. The first kappa shape index (κ1) is 45.0. The molecule has 63 heavy (non-hydrogen) atoms. The summed E-state index contributed by atoms with van der Waals surface area (Å²) in [5.41, 5.74) is -0.595. The number of hydrogen-bond donors (Lipinski definition) is 3. The minimum atomic E-state index is -3.98. The second-order valence-electron chi connectivity index (χ2n) is 17.6. The summed E-state index contributed by atoms with van der Waals surface area (Å²) in [6.07, 6.45) is 0.0896. The molecule has 0 unspecified atom stereocenters. The fourth-order valence-electron chi connectivity index (χ4n) is 8.03. The minimum absolute atomic E-state index is 0.0730. The van der Waals surface area contributed by atoms with Crippen LogP contribution in [-0.4, -0.2) is 108 Å². The van der Waals surface area contributed by atoms with Gasteiger partial charge < -0.3 is 34.5 Å². The second kappa shape index (κ2) is 17.6. The summed E-state index contributed by atoms with van der Waals surface area (Å²) >= 11 is 0. The maximum Gasteiger partial charge on any atom is 0.332 e. The lowest BCUT2D eigenvalue weighted by atomic mass is 9.96. The van der Waals surface area contributed by atoms with E-state index in [-0.39, 0.29) is 32.2 Å². The van der Waals surface area contributed by atoms with Gasteiger partial charge in [-0.15, -0.1) is 6.58 Å². The van der Waals surface area contributed by atoms with Gasteiger partial charge in [0.1, 0.15) is 40.9 Å². The molecule has 17 nitrogen and oxygen atoms in total. The fourth-order valence-corrected chi connectivity index (χ4v) is 9.40. The number of likely N-dealkylation sites (tertiary alicyclic amines) is 1. The van der Waals surface area contributed by atoms with Crippen LogP contribution in [-0.2, 0) is 48.3 Å². The molecule has 2 aromatic carbocycles. The first-order chi connectivity index (χ1) is 29.8. The van der Waals surface area contributed by atoms with Gasteiger partial charge in [0.25, 0.3) is 5.91 Å². The van der Waals surface area contributed by atoms with Crippen LogP contribution in [0.3, 0.4) is 0 Å². The van der Waals surface area contributed by atoms with Gasteiger partial charge in [-0.2, -0.15) is 0 Å². The van der Waals surface area contributed by atoms with Gasteiger partial charge >= 0.3 is 11.9 Å². The van der Waals surface area contributed by atoms with Gasteiger partial charge in [-0.3, -0.25) is 28.7 Å². The SMILES string of the molecule is C=C[C@@H]1C[C@]1(NC(=O)[C@@H]1C[C@@H](Oc2cc(-c3ccccc3)nc3cc(OC)ccc23)CN1C(=O)[C@H](CCC(=O)N[C@@H]1C(=O)O[C@@H]1C)CC(=O)OC(C)(C)C)C(=O)NS(=O)(=O)C1CC1. The predicted molar refractivity (Wildman–Crippen MR) is 228 cm³/mol. The summed E-state index contributed by atoms with van der Waals surface area (Å²) in [4.78, 5) is 87.6. The van der Waals surface area contributed by atoms with Gasteiger partial charge in [0.2, 0.25) is 27.7 Å². The van der Waals surface area contributed by atoms with Gasteiger partial charge in [0.05, 0.1) is 36.5 Å². The monoisotopic (exact) mass is 887 g/mol. The van der Waals surface area contributed by atoms with Gasteiger partial charge in [-0.25, -0.2) is 18.2 Å². The van der Waals surface area contributed by atoms with Crippen LogP contribution in [0.1, 0.15) is 72.6 Å². The van der Waals surface area contributed by atoms with Crippen LogP contribution >= 0.6 is 0 Å². The molecule has 4 fully saturated rings. The molecule has 4 aliphatic rings. The minimum Gasteiger partial charge on any atom is -0.497 e. The summed E-state index contributed by atoms with van der Waals surface area (Å²) in [5.74, 6) is -4.96. The molecule has 7 atom stereocenters. The average molecular weight is 888 g/mol. The van der Waals surface area contributed by atoms with E-state index in [4.69, 9.17) is 23.9 Å². The molecule has 2 aliphatic heterocycles. The molecule has 4 amide bonds. The van der Waals surface area contributed by atoms with Crippen LogP contribution in [0.2, 0.25) is 0 Å². The number of nitrogens with zero attached hydrogens (tertiary/aromatic N) is 2. The number of esters is 2. The quantitative estimate of drug-likeness (QED) is 0.131. The Kier molecular flexibility index (Phi) is 12.6. The first-order valence-electron chi connectivity index (χ1n) is 21.0. The summed E-state index contributed by atoms with van der Waals surface area (Å²) in [7, 11) is -2.43. The van der Waals surface area contributed by atoms with Crippen LogP contribution in [0.25, 0.3) is 22.2 Å². The Bertz CT molecular complexity index is 2430. The van der Waals surface area contributed by atoms with E-state index in [1.54, 1.807) is 59.1 Å². The Balaban J connectivity index is 1.20. The van der Waals surface area contributed by atoms with E-state index in [2.05, 4.69) is 21.9 Å². The van der Waals surface area contributed by atoms with Crippen LogP contribution in [0.5, 0.6) is 11.5 Å². The van der Waals surface area contributed by atoms with Crippen LogP contribution in [0.4, 0.5) is 0 Å². The molecular formula is C45H53N5O12S.